The van der Waals surface area contributed by atoms with Crippen LogP contribution in [0.15, 0.2) is 72.8 Å². The highest BCUT2D eigenvalue weighted by molar-refractivity contribution is 6.34. The lowest BCUT2D eigenvalue weighted by molar-refractivity contribution is -0.137. The number of aromatic nitrogens is 3. The van der Waals surface area contributed by atoms with Gasteiger partial charge in [0.05, 0.1) is 42.1 Å². The van der Waals surface area contributed by atoms with Gasteiger partial charge in [0.1, 0.15) is 29.7 Å². The number of hydrogen-bond donors (Lipinski definition) is 1. The van der Waals surface area contributed by atoms with Gasteiger partial charge < -0.3 is 38.8 Å². The van der Waals surface area contributed by atoms with Crippen LogP contribution in [0.25, 0.3) is 22.2 Å². The van der Waals surface area contributed by atoms with Crippen molar-refractivity contribution in [3.05, 3.63) is 94.5 Å². The average Bonchev–Trinajstić information content (AvgIpc) is 3.60. The van der Waals surface area contributed by atoms with E-state index in [0.29, 0.717) is 55.5 Å². The van der Waals surface area contributed by atoms with Crippen molar-refractivity contribution < 1.29 is 42.0 Å². The molecular formula is C43H47ClF3N7O6. The van der Waals surface area contributed by atoms with Crippen molar-refractivity contribution in [3.8, 4) is 28.8 Å². The summed E-state index contributed by atoms with van der Waals surface area (Å²) < 4.78 is 67.5. The lowest BCUT2D eigenvalue weighted by Gasteiger charge is -2.34. The molecule has 13 nitrogen and oxygen atoms in total. The summed E-state index contributed by atoms with van der Waals surface area (Å²) in [6.07, 6.45) is -4.99. The number of carboxylic acid groups (broad SMARTS) is 1. The minimum absolute atomic E-state index is 0.00625. The van der Waals surface area contributed by atoms with Gasteiger partial charge in [-0.1, -0.05) is 35.9 Å². The molecule has 0 aliphatic carbocycles. The summed E-state index contributed by atoms with van der Waals surface area (Å²) in [5, 5.41) is 10.1. The summed E-state index contributed by atoms with van der Waals surface area (Å²) in [6.45, 7) is 5.26. The maximum Gasteiger partial charge on any atom is 0.418 e. The Labute approximate surface area is 351 Å². The fourth-order valence-corrected chi connectivity index (χ4v) is 7.89. The Morgan fingerprint density at radius 1 is 0.900 bits per heavy atom. The quantitative estimate of drug-likeness (QED) is 0.117. The number of rotatable bonds is 14. The van der Waals surface area contributed by atoms with E-state index in [9.17, 15) is 23.1 Å². The van der Waals surface area contributed by atoms with Crippen molar-refractivity contribution in [1.29, 1.82) is 0 Å². The topological polar surface area (TPSA) is 126 Å². The number of ether oxygens (including phenoxy) is 4. The van der Waals surface area contributed by atoms with Crippen molar-refractivity contribution in [3.63, 3.8) is 0 Å². The third-order valence-electron chi connectivity index (χ3n) is 10.9. The van der Waals surface area contributed by atoms with Crippen LogP contribution in [0, 0.1) is 0 Å². The number of likely N-dealkylation sites (tertiary alicyclic amines) is 1. The third kappa shape index (κ3) is 9.72. The molecule has 2 atom stereocenters. The molecule has 318 valence electrons. The molecule has 7 rings (SSSR count). The number of nitrogens with zero attached hydrogens (tertiary/aromatic N) is 7. The number of likely N-dealkylation sites (N-methyl/N-ethyl adjacent to an activating group) is 1. The van der Waals surface area contributed by atoms with Crippen molar-refractivity contribution in [2.24, 2.45) is 0 Å². The summed E-state index contributed by atoms with van der Waals surface area (Å²) in [4.78, 5) is 33.2. The molecule has 4 heterocycles. The summed E-state index contributed by atoms with van der Waals surface area (Å²) in [6, 6.07) is 20.4. The van der Waals surface area contributed by atoms with Crippen molar-refractivity contribution in [2.45, 2.75) is 44.8 Å². The van der Waals surface area contributed by atoms with Gasteiger partial charge in [0.25, 0.3) is 0 Å². The van der Waals surface area contributed by atoms with Gasteiger partial charge in [-0.25, -0.2) is 9.78 Å². The van der Waals surface area contributed by atoms with Crippen molar-refractivity contribution >= 4 is 40.2 Å². The SMILES string of the molecule is CCO[C@@H]1C[C@@H](COc2nc(N3CCN(C(=O)O)CC3)c3cc(Cl)c(-c4nc(N(Cc5ccc(OC)cc5)Cc5ccc(OC)cc5)ccc4C(F)(F)F)cc3n2)N(C)C1. The highest BCUT2D eigenvalue weighted by atomic mass is 35.5. The Bertz CT molecular complexity index is 2230. The third-order valence-corrected chi connectivity index (χ3v) is 11.2. The number of alkyl halides is 3. The first-order chi connectivity index (χ1) is 28.8. The van der Waals surface area contributed by atoms with Gasteiger partial charge in [0, 0.05) is 69.4 Å². The fraction of sp³-hybridized carbons (Fsp3) is 0.395. The number of pyridine rings is 1. The Morgan fingerprint density at radius 2 is 1.53 bits per heavy atom. The summed E-state index contributed by atoms with van der Waals surface area (Å²) >= 11 is 6.97. The van der Waals surface area contributed by atoms with E-state index >= 15 is 0 Å². The Kier molecular flexibility index (Phi) is 13.0. The number of halogens is 4. The average molecular weight is 850 g/mol. The molecule has 0 saturated carbocycles. The molecule has 3 aromatic carbocycles. The minimum atomic E-state index is -4.78. The lowest BCUT2D eigenvalue weighted by Crippen LogP contribution is -2.48. The van der Waals surface area contributed by atoms with Gasteiger partial charge in [-0.2, -0.15) is 23.1 Å². The highest BCUT2D eigenvalue weighted by Crippen LogP contribution is 2.42. The van der Waals surface area contributed by atoms with E-state index in [-0.39, 0.29) is 65.5 Å². The molecular weight excluding hydrogens is 803 g/mol. The van der Waals surface area contributed by atoms with E-state index in [0.717, 1.165) is 30.2 Å². The van der Waals surface area contributed by atoms with E-state index in [1.165, 1.54) is 17.0 Å². The van der Waals surface area contributed by atoms with Crippen LogP contribution in [0.3, 0.4) is 0 Å². The maximum absolute atomic E-state index is 14.9. The number of anilines is 2. The molecule has 2 aromatic heterocycles. The first-order valence-electron chi connectivity index (χ1n) is 19.6. The van der Waals surface area contributed by atoms with E-state index in [1.54, 1.807) is 20.3 Å². The van der Waals surface area contributed by atoms with E-state index in [1.807, 2.05) is 72.3 Å². The standard InChI is InChI=1S/C43H47ClF3N7O6/c1-5-59-32-20-29(51(2)25-32)26-60-41-48-37-22-33(36(44)21-34(37)40(50-41)52-16-18-53(19-17-52)42(55)56)39-35(43(45,46)47)14-15-38(49-39)54(23-27-6-10-30(57-3)11-7-27)24-28-8-12-31(58-4)13-9-28/h6-15,21-22,29,32H,5,16-20,23-26H2,1-4H3,(H,55,56)/t29-,32+/m0/s1. The van der Waals surface area contributed by atoms with Gasteiger partial charge in [-0.3, -0.25) is 4.90 Å². The Hall–Kier alpha value is -5.58. The minimum Gasteiger partial charge on any atom is -0.497 e. The molecule has 5 aromatic rings. The molecule has 1 amide bonds. The fourth-order valence-electron chi connectivity index (χ4n) is 7.64. The van der Waals surface area contributed by atoms with E-state index in [4.69, 9.17) is 45.5 Å². The largest absolute Gasteiger partial charge is 0.497 e. The summed E-state index contributed by atoms with van der Waals surface area (Å²) in [5.74, 6) is 2.06. The molecule has 0 radical (unpaired) electrons. The van der Waals surface area contributed by atoms with Crippen LogP contribution in [0.4, 0.5) is 29.6 Å². The Morgan fingerprint density at radius 3 is 2.10 bits per heavy atom. The van der Waals surface area contributed by atoms with Crippen LogP contribution in [0.1, 0.15) is 30.0 Å². The summed E-state index contributed by atoms with van der Waals surface area (Å²) in [7, 11) is 5.14. The van der Waals surface area contributed by atoms with E-state index in [2.05, 4.69) is 4.90 Å². The number of amides is 1. The normalized spacial score (nSPS) is 17.3. The van der Waals surface area contributed by atoms with Gasteiger partial charge in [-0.05, 0) is 80.1 Å². The molecule has 0 spiro atoms. The van der Waals surface area contributed by atoms with Crippen LogP contribution in [0.5, 0.6) is 17.5 Å². The zero-order chi connectivity index (χ0) is 42.6. The van der Waals surface area contributed by atoms with Crippen LogP contribution in [-0.2, 0) is 24.0 Å². The van der Waals surface area contributed by atoms with Crippen LogP contribution >= 0.6 is 11.6 Å². The Balaban J connectivity index is 1.31. The second-order valence-corrected chi connectivity index (χ2v) is 15.2. The molecule has 2 fully saturated rings. The number of hydrogen-bond acceptors (Lipinski definition) is 11. The van der Waals surface area contributed by atoms with Gasteiger partial charge in [-0.15, -0.1) is 0 Å². The highest BCUT2D eigenvalue weighted by Gasteiger charge is 2.36. The zero-order valence-electron chi connectivity index (χ0n) is 33.8. The van der Waals surface area contributed by atoms with Gasteiger partial charge in [0.2, 0.25) is 0 Å². The van der Waals surface area contributed by atoms with Gasteiger partial charge >= 0.3 is 18.3 Å². The molecule has 60 heavy (non-hydrogen) atoms. The molecule has 2 aliphatic rings. The van der Waals surface area contributed by atoms with Crippen molar-refractivity contribution in [1.82, 2.24) is 24.8 Å². The predicted octanol–water partition coefficient (Wildman–Crippen LogP) is 7.88. The summed E-state index contributed by atoms with van der Waals surface area (Å²) in [5.41, 5.74) is 0.742. The second-order valence-electron chi connectivity index (χ2n) is 14.8. The zero-order valence-corrected chi connectivity index (χ0v) is 34.5. The number of carbonyl (C=O) groups is 1. The number of methoxy groups -OCH3 is 2. The predicted molar refractivity (Wildman–Crippen MR) is 222 cm³/mol. The monoisotopic (exact) mass is 849 g/mol. The molecule has 2 saturated heterocycles. The molecule has 2 aliphatic heterocycles. The van der Waals surface area contributed by atoms with Crippen LogP contribution in [0.2, 0.25) is 5.02 Å². The second kappa shape index (κ2) is 18.4. The van der Waals surface area contributed by atoms with Crippen LogP contribution in [-0.4, -0.2) is 115 Å². The molecule has 0 bridgehead atoms. The van der Waals surface area contributed by atoms with Gasteiger partial charge in [0.15, 0.2) is 0 Å². The molecule has 0 unspecified atom stereocenters. The first kappa shape index (κ1) is 42.5. The van der Waals surface area contributed by atoms with E-state index < -0.39 is 17.8 Å². The molecule has 1 N–H and O–H groups in total. The number of benzene rings is 3. The van der Waals surface area contributed by atoms with Crippen LogP contribution < -0.4 is 24.0 Å². The lowest BCUT2D eigenvalue weighted by atomic mass is 10.0. The number of piperazine rings is 1. The molecule has 17 heteroatoms. The smallest absolute Gasteiger partial charge is 0.418 e. The number of fused-ring (bicyclic) bond motifs is 1. The maximum atomic E-state index is 14.9. The van der Waals surface area contributed by atoms with Crippen molar-refractivity contribution in [2.75, 3.05) is 77.0 Å². The first-order valence-corrected chi connectivity index (χ1v) is 20.0.